The molecule has 1 amide bonds. The lowest BCUT2D eigenvalue weighted by atomic mass is 10.2. The quantitative estimate of drug-likeness (QED) is 0.512. The number of nitrogens with one attached hydrogen (secondary N) is 1. The molecule has 3 aromatic rings. The van der Waals surface area contributed by atoms with Gasteiger partial charge in [-0.25, -0.2) is 0 Å². The third-order valence-electron chi connectivity index (χ3n) is 3.02. The van der Waals surface area contributed by atoms with Crippen LogP contribution in [0.15, 0.2) is 47.4 Å². The van der Waals surface area contributed by atoms with Crippen LogP contribution in [0, 0.1) is 0 Å². The van der Waals surface area contributed by atoms with E-state index in [4.69, 9.17) is 34.8 Å². The molecular formula is C16H10Cl3N3OS2. The van der Waals surface area contributed by atoms with Gasteiger partial charge in [0.05, 0.1) is 10.8 Å². The predicted octanol–water partition coefficient (Wildman–Crippen LogP) is 5.90. The lowest BCUT2D eigenvalue weighted by molar-refractivity contribution is -0.113. The molecule has 1 heterocycles. The van der Waals surface area contributed by atoms with Crippen LogP contribution in [-0.4, -0.2) is 21.9 Å². The smallest absolute Gasteiger partial charge is 0.236 e. The van der Waals surface area contributed by atoms with Gasteiger partial charge < -0.3 is 0 Å². The van der Waals surface area contributed by atoms with Gasteiger partial charge in [-0.1, -0.05) is 46.1 Å². The first-order valence-electron chi connectivity index (χ1n) is 6.98. The Kier molecular flexibility index (Phi) is 6.19. The number of anilines is 1. The van der Waals surface area contributed by atoms with E-state index in [1.807, 2.05) is 12.1 Å². The molecule has 0 aliphatic heterocycles. The Morgan fingerprint density at radius 3 is 2.48 bits per heavy atom. The summed E-state index contributed by atoms with van der Waals surface area (Å²) in [6.45, 7) is 0. The molecule has 25 heavy (non-hydrogen) atoms. The number of nitrogens with zero attached hydrogens (tertiary/aromatic N) is 2. The van der Waals surface area contributed by atoms with Crippen molar-refractivity contribution in [1.29, 1.82) is 0 Å². The molecule has 1 aromatic heterocycles. The minimum Gasteiger partial charge on any atom is -0.300 e. The molecule has 0 fully saturated rings. The van der Waals surface area contributed by atoms with Crippen LogP contribution >= 0.6 is 57.9 Å². The van der Waals surface area contributed by atoms with E-state index >= 15 is 0 Å². The Morgan fingerprint density at radius 2 is 1.76 bits per heavy atom. The molecule has 0 bridgehead atoms. The summed E-state index contributed by atoms with van der Waals surface area (Å²) in [5, 5.41) is 13.5. The first-order valence-corrected chi connectivity index (χ1v) is 9.92. The summed E-state index contributed by atoms with van der Waals surface area (Å²) in [6.07, 6.45) is 0. The predicted molar refractivity (Wildman–Crippen MR) is 106 cm³/mol. The SMILES string of the molecule is O=C(CSc1ccc(Cl)cc1)Nc1nnc(-c2ccc(Cl)cc2Cl)s1. The van der Waals surface area contributed by atoms with Crippen molar-refractivity contribution in [1.82, 2.24) is 10.2 Å². The van der Waals surface area contributed by atoms with Gasteiger partial charge in [-0.3, -0.25) is 10.1 Å². The number of amides is 1. The summed E-state index contributed by atoms with van der Waals surface area (Å²) < 4.78 is 0. The molecule has 0 radical (unpaired) electrons. The van der Waals surface area contributed by atoms with E-state index in [0.29, 0.717) is 25.2 Å². The zero-order valence-electron chi connectivity index (χ0n) is 12.5. The molecule has 0 saturated carbocycles. The third kappa shape index (κ3) is 5.09. The number of hydrogen-bond acceptors (Lipinski definition) is 5. The van der Waals surface area contributed by atoms with Crippen LogP contribution in [0.25, 0.3) is 10.6 Å². The maximum Gasteiger partial charge on any atom is 0.236 e. The highest BCUT2D eigenvalue weighted by Gasteiger charge is 2.12. The van der Waals surface area contributed by atoms with Crippen molar-refractivity contribution in [3.8, 4) is 10.6 Å². The fourth-order valence-corrected chi connectivity index (χ4v) is 4.06. The van der Waals surface area contributed by atoms with E-state index in [1.54, 1.807) is 30.3 Å². The van der Waals surface area contributed by atoms with Crippen molar-refractivity contribution in [2.45, 2.75) is 4.90 Å². The average Bonchev–Trinajstić information content (AvgIpc) is 3.02. The van der Waals surface area contributed by atoms with Crippen molar-refractivity contribution in [2.24, 2.45) is 0 Å². The molecule has 0 unspecified atom stereocenters. The molecule has 4 nitrogen and oxygen atoms in total. The monoisotopic (exact) mass is 429 g/mol. The van der Waals surface area contributed by atoms with Crippen LogP contribution < -0.4 is 5.32 Å². The lowest BCUT2D eigenvalue weighted by Crippen LogP contribution is -2.13. The Labute approximate surface area is 167 Å². The molecule has 0 aliphatic rings. The number of carbonyl (C=O) groups is 1. The number of aromatic nitrogens is 2. The van der Waals surface area contributed by atoms with Gasteiger partial charge >= 0.3 is 0 Å². The van der Waals surface area contributed by atoms with Crippen LogP contribution in [0.4, 0.5) is 5.13 Å². The summed E-state index contributed by atoms with van der Waals surface area (Å²) in [7, 11) is 0. The minimum atomic E-state index is -0.162. The van der Waals surface area contributed by atoms with Crippen molar-refractivity contribution in [3.05, 3.63) is 57.5 Å². The standard InChI is InChI=1S/C16H10Cl3N3OS2/c17-9-1-4-11(5-2-9)24-8-14(23)20-16-22-21-15(25-16)12-6-3-10(18)7-13(12)19/h1-7H,8H2,(H,20,22,23). The van der Waals surface area contributed by atoms with Crippen molar-refractivity contribution in [2.75, 3.05) is 11.1 Å². The molecule has 3 rings (SSSR count). The second kappa shape index (κ2) is 8.38. The lowest BCUT2D eigenvalue weighted by Gasteiger charge is -2.02. The van der Waals surface area contributed by atoms with Gasteiger partial charge in [0, 0.05) is 20.5 Å². The van der Waals surface area contributed by atoms with Gasteiger partial charge in [0.15, 0.2) is 5.01 Å². The Bertz CT molecular complexity index is 900. The summed E-state index contributed by atoms with van der Waals surface area (Å²) in [5.74, 6) is 0.1000. The highest BCUT2D eigenvalue weighted by Crippen LogP contribution is 2.33. The largest absolute Gasteiger partial charge is 0.300 e. The van der Waals surface area contributed by atoms with Crippen LogP contribution in [0.5, 0.6) is 0 Å². The second-order valence-corrected chi connectivity index (χ2v) is 8.13. The molecule has 0 spiro atoms. The zero-order valence-corrected chi connectivity index (χ0v) is 16.4. The summed E-state index contributed by atoms with van der Waals surface area (Å²) in [5.41, 5.74) is 0.722. The van der Waals surface area contributed by atoms with Gasteiger partial charge in [0.2, 0.25) is 11.0 Å². The summed E-state index contributed by atoms with van der Waals surface area (Å²) >= 11 is 20.5. The van der Waals surface area contributed by atoms with Gasteiger partial charge in [-0.15, -0.1) is 22.0 Å². The molecule has 1 N–H and O–H groups in total. The molecule has 0 aliphatic carbocycles. The molecule has 0 atom stereocenters. The minimum absolute atomic E-state index is 0.162. The molecular weight excluding hydrogens is 421 g/mol. The maximum atomic E-state index is 12.0. The number of rotatable bonds is 5. The summed E-state index contributed by atoms with van der Waals surface area (Å²) in [4.78, 5) is 13.0. The van der Waals surface area contributed by atoms with Crippen LogP contribution in [0.3, 0.4) is 0 Å². The average molecular weight is 431 g/mol. The van der Waals surface area contributed by atoms with E-state index < -0.39 is 0 Å². The molecule has 0 saturated heterocycles. The maximum absolute atomic E-state index is 12.0. The number of carbonyl (C=O) groups excluding carboxylic acids is 1. The van der Waals surface area contributed by atoms with Crippen molar-refractivity contribution >= 4 is 68.9 Å². The van der Waals surface area contributed by atoms with Crippen LogP contribution in [0.2, 0.25) is 15.1 Å². The van der Waals surface area contributed by atoms with Gasteiger partial charge in [-0.05, 0) is 42.5 Å². The number of hydrogen-bond donors (Lipinski definition) is 1. The number of halogens is 3. The first-order chi connectivity index (χ1) is 12.0. The zero-order chi connectivity index (χ0) is 17.8. The first kappa shape index (κ1) is 18.5. The van der Waals surface area contributed by atoms with Gasteiger partial charge in [0.1, 0.15) is 0 Å². The topological polar surface area (TPSA) is 54.9 Å². The fraction of sp³-hybridized carbons (Fsp3) is 0.0625. The Hall–Kier alpha value is -1.31. The normalized spacial score (nSPS) is 10.7. The molecule has 128 valence electrons. The van der Waals surface area contributed by atoms with Crippen LogP contribution in [-0.2, 0) is 4.79 Å². The van der Waals surface area contributed by atoms with E-state index in [-0.39, 0.29) is 11.7 Å². The van der Waals surface area contributed by atoms with E-state index in [0.717, 1.165) is 10.5 Å². The van der Waals surface area contributed by atoms with E-state index in [9.17, 15) is 4.79 Å². The molecule has 9 heteroatoms. The Balaban J connectivity index is 1.60. The summed E-state index contributed by atoms with van der Waals surface area (Å²) in [6, 6.07) is 12.4. The highest BCUT2D eigenvalue weighted by molar-refractivity contribution is 8.00. The van der Waals surface area contributed by atoms with Gasteiger partial charge in [0.25, 0.3) is 0 Å². The Morgan fingerprint density at radius 1 is 1.04 bits per heavy atom. The number of benzene rings is 2. The van der Waals surface area contributed by atoms with E-state index in [1.165, 1.54) is 23.1 Å². The highest BCUT2D eigenvalue weighted by atomic mass is 35.5. The van der Waals surface area contributed by atoms with Crippen LogP contribution in [0.1, 0.15) is 0 Å². The van der Waals surface area contributed by atoms with Crippen molar-refractivity contribution in [3.63, 3.8) is 0 Å². The number of thioether (sulfide) groups is 1. The van der Waals surface area contributed by atoms with Crippen molar-refractivity contribution < 1.29 is 4.79 Å². The van der Waals surface area contributed by atoms with Gasteiger partial charge in [-0.2, -0.15) is 0 Å². The fourth-order valence-electron chi connectivity index (χ4n) is 1.88. The third-order valence-corrected chi connectivity index (χ3v) is 5.70. The molecule has 2 aromatic carbocycles. The van der Waals surface area contributed by atoms with E-state index in [2.05, 4.69) is 15.5 Å². The second-order valence-electron chi connectivity index (χ2n) is 4.83.